The Hall–Kier alpha value is -2.33. The van der Waals surface area contributed by atoms with Gasteiger partial charge >= 0.3 is 6.09 Å². The molecule has 1 atom stereocenters. The summed E-state index contributed by atoms with van der Waals surface area (Å²) in [6.07, 6.45) is 0.899. The molecule has 2 aromatic carbocycles. The average molecular weight is 344 g/mol. The first-order chi connectivity index (χ1) is 11.6. The summed E-state index contributed by atoms with van der Waals surface area (Å²) in [4.78, 5) is 25.7. The van der Waals surface area contributed by atoms with Gasteiger partial charge in [-0.15, -0.1) is 0 Å². The van der Waals surface area contributed by atoms with Gasteiger partial charge in [0, 0.05) is 11.4 Å². The number of cyclic esters (lactones) is 1. The summed E-state index contributed by atoms with van der Waals surface area (Å²) >= 11 is 5.86. The third kappa shape index (κ3) is 3.95. The van der Waals surface area contributed by atoms with E-state index in [-0.39, 0.29) is 25.0 Å². The molecule has 3 rings (SSSR count). The molecule has 2 aromatic rings. The van der Waals surface area contributed by atoms with Gasteiger partial charge in [-0.3, -0.25) is 4.79 Å². The average Bonchev–Trinajstić information content (AvgIpc) is 2.95. The molecule has 24 heavy (non-hydrogen) atoms. The lowest BCUT2D eigenvalue weighted by Gasteiger charge is -2.19. The van der Waals surface area contributed by atoms with Crippen LogP contribution in [0.4, 0.5) is 4.79 Å². The summed E-state index contributed by atoms with van der Waals surface area (Å²) in [5.74, 6) is -0.201. The molecule has 0 aromatic heterocycles. The lowest BCUT2D eigenvalue weighted by Crippen LogP contribution is -2.40. The Balaban J connectivity index is 1.62. The fourth-order valence-corrected chi connectivity index (χ4v) is 2.95. The molecule has 5 heteroatoms. The fourth-order valence-electron chi connectivity index (χ4n) is 2.83. The third-order valence-corrected chi connectivity index (χ3v) is 4.34. The minimum atomic E-state index is -0.544. The topological polar surface area (TPSA) is 46.6 Å². The van der Waals surface area contributed by atoms with E-state index >= 15 is 0 Å². The highest BCUT2D eigenvalue weighted by Crippen LogP contribution is 2.19. The zero-order valence-corrected chi connectivity index (χ0v) is 13.9. The molecule has 0 aliphatic carbocycles. The molecule has 1 aliphatic heterocycles. The Morgan fingerprint density at radius 1 is 1.08 bits per heavy atom. The summed E-state index contributed by atoms with van der Waals surface area (Å²) in [6, 6.07) is 16.9. The van der Waals surface area contributed by atoms with Crippen LogP contribution in [0.1, 0.15) is 17.5 Å². The highest BCUT2D eigenvalue weighted by molar-refractivity contribution is 6.30. The van der Waals surface area contributed by atoms with E-state index in [1.807, 2.05) is 42.5 Å². The van der Waals surface area contributed by atoms with E-state index in [0.29, 0.717) is 17.9 Å². The number of amides is 2. The predicted molar refractivity (Wildman–Crippen MR) is 91.9 cm³/mol. The molecule has 1 heterocycles. The molecule has 2 amide bonds. The number of nitrogens with zero attached hydrogens (tertiary/aromatic N) is 1. The lowest BCUT2D eigenvalue weighted by molar-refractivity contribution is -0.129. The molecule has 0 N–H and O–H groups in total. The van der Waals surface area contributed by atoms with Gasteiger partial charge in [-0.05, 0) is 36.1 Å². The normalized spacial score (nSPS) is 17.0. The molecule has 1 saturated heterocycles. The number of imide groups is 1. The van der Waals surface area contributed by atoms with Crippen molar-refractivity contribution in [2.75, 3.05) is 6.61 Å². The van der Waals surface area contributed by atoms with Crippen molar-refractivity contribution in [1.29, 1.82) is 0 Å². The number of carbonyl (C=O) groups is 2. The Morgan fingerprint density at radius 2 is 1.79 bits per heavy atom. The van der Waals surface area contributed by atoms with Crippen molar-refractivity contribution in [3.63, 3.8) is 0 Å². The Bertz CT molecular complexity index is 715. The van der Waals surface area contributed by atoms with Crippen LogP contribution in [-0.2, 0) is 22.4 Å². The first-order valence-corrected chi connectivity index (χ1v) is 8.28. The lowest BCUT2D eigenvalue weighted by atomic mass is 10.0. The van der Waals surface area contributed by atoms with Crippen molar-refractivity contribution >= 4 is 23.6 Å². The maximum atomic E-state index is 12.5. The number of rotatable bonds is 5. The molecular formula is C19H18ClNO3. The van der Waals surface area contributed by atoms with Crippen molar-refractivity contribution in [2.45, 2.75) is 25.3 Å². The van der Waals surface area contributed by atoms with Crippen LogP contribution in [0, 0.1) is 0 Å². The maximum Gasteiger partial charge on any atom is 0.416 e. The smallest absolute Gasteiger partial charge is 0.416 e. The quantitative estimate of drug-likeness (QED) is 0.828. The molecule has 0 spiro atoms. The molecule has 0 bridgehead atoms. The molecule has 0 unspecified atom stereocenters. The Morgan fingerprint density at radius 3 is 2.50 bits per heavy atom. The first-order valence-electron chi connectivity index (χ1n) is 7.90. The van der Waals surface area contributed by atoms with Crippen molar-refractivity contribution in [3.8, 4) is 0 Å². The third-order valence-electron chi connectivity index (χ3n) is 4.08. The van der Waals surface area contributed by atoms with Crippen molar-refractivity contribution in [1.82, 2.24) is 4.90 Å². The highest BCUT2D eigenvalue weighted by Gasteiger charge is 2.37. The van der Waals surface area contributed by atoms with E-state index in [1.165, 1.54) is 4.90 Å². The number of benzene rings is 2. The molecule has 124 valence electrons. The second-order valence-corrected chi connectivity index (χ2v) is 6.25. The first kappa shape index (κ1) is 16.5. The summed E-state index contributed by atoms with van der Waals surface area (Å²) in [5, 5.41) is 0.663. The van der Waals surface area contributed by atoms with Gasteiger partial charge in [0.15, 0.2) is 0 Å². The zero-order chi connectivity index (χ0) is 16.9. The van der Waals surface area contributed by atoms with Crippen LogP contribution in [0.2, 0.25) is 5.02 Å². The SMILES string of the molecule is O=C(CCc1ccc(Cl)cc1)N1C(=O)OC[C@H]1Cc1ccccc1. The maximum absolute atomic E-state index is 12.5. The van der Waals surface area contributed by atoms with E-state index in [1.54, 1.807) is 12.1 Å². The largest absolute Gasteiger partial charge is 0.447 e. The van der Waals surface area contributed by atoms with Gasteiger partial charge < -0.3 is 4.74 Å². The minimum absolute atomic E-state index is 0.201. The number of carbonyl (C=O) groups excluding carboxylic acids is 2. The summed E-state index contributed by atoms with van der Waals surface area (Å²) in [7, 11) is 0. The van der Waals surface area contributed by atoms with Crippen molar-refractivity contribution in [3.05, 3.63) is 70.7 Å². The molecule has 4 nitrogen and oxygen atoms in total. The standard InChI is InChI=1S/C19H18ClNO3/c20-16-9-6-14(7-10-16)8-11-18(22)21-17(13-24-19(21)23)12-15-4-2-1-3-5-15/h1-7,9-10,17H,8,11-13H2/t17-/m1/s1. The van der Waals surface area contributed by atoms with E-state index in [2.05, 4.69) is 0 Å². The molecule has 1 aliphatic rings. The number of aryl methyl sites for hydroxylation is 1. The Labute approximate surface area is 146 Å². The molecule has 1 fully saturated rings. The van der Waals surface area contributed by atoms with Crippen LogP contribution >= 0.6 is 11.6 Å². The van der Waals surface area contributed by atoms with Gasteiger partial charge in [-0.1, -0.05) is 54.1 Å². The van der Waals surface area contributed by atoms with Crippen molar-refractivity contribution in [2.24, 2.45) is 0 Å². The van der Waals surface area contributed by atoms with Crippen LogP contribution in [0.15, 0.2) is 54.6 Å². The van der Waals surface area contributed by atoms with Gasteiger partial charge in [0.05, 0.1) is 6.04 Å². The molecule has 0 saturated carbocycles. The summed E-state index contributed by atoms with van der Waals surface area (Å²) in [5.41, 5.74) is 2.09. The van der Waals surface area contributed by atoms with Gasteiger partial charge in [0.1, 0.15) is 6.61 Å². The van der Waals surface area contributed by atoms with Crippen LogP contribution in [0.3, 0.4) is 0 Å². The number of hydrogen-bond acceptors (Lipinski definition) is 3. The number of halogens is 1. The van der Waals surface area contributed by atoms with Crippen LogP contribution < -0.4 is 0 Å². The Kier molecular flexibility index (Phi) is 5.16. The van der Waals surface area contributed by atoms with Gasteiger partial charge in [0.25, 0.3) is 0 Å². The van der Waals surface area contributed by atoms with Gasteiger partial charge in [-0.2, -0.15) is 0 Å². The fraction of sp³-hybridized carbons (Fsp3) is 0.263. The highest BCUT2D eigenvalue weighted by atomic mass is 35.5. The minimum Gasteiger partial charge on any atom is -0.447 e. The van der Waals surface area contributed by atoms with Gasteiger partial charge in [-0.25, -0.2) is 9.69 Å². The predicted octanol–water partition coefficient (Wildman–Crippen LogP) is 3.86. The molecular weight excluding hydrogens is 326 g/mol. The van der Waals surface area contributed by atoms with Crippen LogP contribution in [0.25, 0.3) is 0 Å². The van der Waals surface area contributed by atoms with Crippen LogP contribution in [0.5, 0.6) is 0 Å². The summed E-state index contributed by atoms with van der Waals surface area (Å²) < 4.78 is 5.09. The van der Waals surface area contributed by atoms with Crippen molar-refractivity contribution < 1.29 is 14.3 Å². The van der Waals surface area contributed by atoms with E-state index < -0.39 is 6.09 Å². The van der Waals surface area contributed by atoms with Gasteiger partial charge in [0.2, 0.25) is 5.91 Å². The van der Waals surface area contributed by atoms with Crippen LogP contribution in [-0.4, -0.2) is 29.5 Å². The summed E-state index contributed by atoms with van der Waals surface area (Å²) in [6.45, 7) is 0.250. The van der Waals surface area contributed by atoms with E-state index in [4.69, 9.17) is 16.3 Å². The number of hydrogen-bond donors (Lipinski definition) is 0. The number of ether oxygens (including phenoxy) is 1. The monoisotopic (exact) mass is 343 g/mol. The molecule has 0 radical (unpaired) electrons. The second kappa shape index (κ2) is 7.49. The van der Waals surface area contributed by atoms with E-state index in [0.717, 1.165) is 11.1 Å². The second-order valence-electron chi connectivity index (χ2n) is 5.81. The van der Waals surface area contributed by atoms with E-state index in [9.17, 15) is 9.59 Å². The zero-order valence-electron chi connectivity index (χ0n) is 13.2.